The highest BCUT2D eigenvalue weighted by molar-refractivity contribution is 5.95. The lowest BCUT2D eigenvalue weighted by atomic mass is 9.76. The van der Waals surface area contributed by atoms with Crippen molar-refractivity contribution in [2.24, 2.45) is 16.6 Å². The van der Waals surface area contributed by atoms with Gasteiger partial charge in [0.2, 0.25) is 5.88 Å². The van der Waals surface area contributed by atoms with Crippen molar-refractivity contribution < 1.29 is 27.4 Å². The van der Waals surface area contributed by atoms with Crippen LogP contribution in [0.15, 0.2) is 53.5 Å². The number of ether oxygens (including phenoxy) is 3. The molecule has 2 atom stereocenters. The standard InChI is InChI=1S/C28H30F3N3O3/c1-17-14-23(36-4)34-25-21(27(11-7-13-33-27)18(2)8-6-12-32)16-22(35-3)26(24(17)25)37-20-10-5-9-19(15-20)28(29,30)31/h5,7,9-11,13-16,18H,6,8,12,32H2,1-4H3. The first-order valence-electron chi connectivity index (χ1n) is 12.0. The van der Waals surface area contributed by atoms with Crippen molar-refractivity contribution in [2.75, 3.05) is 20.8 Å². The molecule has 0 saturated heterocycles. The highest BCUT2D eigenvalue weighted by Crippen LogP contribution is 2.49. The van der Waals surface area contributed by atoms with Gasteiger partial charge in [-0.2, -0.15) is 13.2 Å². The average molecular weight is 514 g/mol. The molecule has 2 aromatic carbocycles. The number of hydrogen-bond acceptors (Lipinski definition) is 6. The number of pyridine rings is 1. The summed E-state index contributed by atoms with van der Waals surface area (Å²) in [4.78, 5) is 9.65. The minimum absolute atomic E-state index is 0.0298. The number of rotatable bonds is 9. The Balaban J connectivity index is 1.98. The summed E-state index contributed by atoms with van der Waals surface area (Å²) in [6.45, 7) is 4.54. The molecule has 6 nitrogen and oxygen atoms in total. The predicted molar refractivity (Wildman–Crippen MR) is 138 cm³/mol. The quantitative estimate of drug-likeness (QED) is 0.350. The van der Waals surface area contributed by atoms with Crippen molar-refractivity contribution in [1.29, 1.82) is 0 Å². The van der Waals surface area contributed by atoms with Crippen LogP contribution in [0.25, 0.3) is 10.9 Å². The second-order valence-corrected chi connectivity index (χ2v) is 9.08. The van der Waals surface area contributed by atoms with Gasteiger partial charge in [0.1, 0.15) is 11.3 Å². The van der Waals surface area contributed by atoms with Crippen molar-refractivity contribution in [3.05, 3.63) is 65.2 Å². The van der Waals surface area contributed by atoms with Gasteiger partial charge in [0.05, 0.1) is 30.7 Å². The molecule has 0 amide bonds. The van der Waals surface area contributed by atoms with Crippen LogP contribution in [0.5, 0.6) is 23.1 Å². The minimum Gasteiger partial charge on any atom is -0.493 e. The molecule has 3 aromatic rings. The van der Waals surface area contributed by atoms with E-state index in [0.29, 0.717) is 29.1 Å². The molecule has 0 radical (unpaired) electrons. The van der Waals surface area contributed by atoms with Gasteiger partial charge in [-0.3, -0.25) is 4.99 Å². The Bertz CT molecular complexity index is 1340. The van der Waals surface area contributed by atoms with Crippen LogP contribution in [0.4, 0.5) is 13.2 Å². The molecule has 2 unspecified atom stereocenters. The van der Waals surface area contributed by atoms with Gasteiger partial charge in [-0.05, 0) is 68.1 Å². The summed E-state index contributed by atoms with van der Waals surface area (Å²) in [7, 11) is 3.03. The summed E-state index contributed by atoms with van der Waals surface area (Å²) in [5.41, 5.74) is 6.37. The number of aromatic nitrogens is 1. The molecule has 9 heteroatoms. The molecule has 1 aliphatic rings. The second kappa shape index (κ2) is 10.4. The van der Waals surface area contributed by atoms with Gasteiger partial charge >= 0.3 is 6.18 Å². The fourth-order valence-electron chi connectivity index (χ4n) is 4.79. The number of halogens is 3. The number of hydrogen-bond donors (Lipinski definition) is 1. The largest absolute Gasteiger partial charge is 0.493 e. The number of aliphatic imine (C=N–C) groups is 1. The van der Waals surface area contributed by atoms with Crippen molar-refractivity contribution in [3.63, 3.8) is 0 Å². The average Bonchev–Trinajstić information content (AvgIpc) is 3.37. The highest BCUT2D eigenvalue weighted by Gasteiger charge is 2.40. The Labute approximate surface area is 214 Å². The molecule has 1 aliphatic heterocycles. The van der Waals surface area contributed by atoms with Crippen LogP contribution in [0.3, 0.4) is 0 Å². The smallest absolute Gasteiger partial charge is 0.416 e. The third kappa shape index (κ3) is 5.00. The van der Waals surface area contributed by atoms with Gasteiger partial charge in [-0.25, -0.2) is 4.98 Å². The molecule has 0 aliphatic carbocycles. The van der Waals surface area contributed by atoms with E-state index in [4.69, 9.17) is 29.9 Å². The fraction of sp³-hybridized carbons (Fsp3) is 0.357. The van der Waals surface area contributed by atoms with Crippen LogP contribution in [0.2, 0.25) is 0 Å². The van der Waals surface area contributed by atoms with E-state index < -0.39 is 17.3 Å². The van der Waals surface area contributed by atoms with Gasteiger partial charge in [-0.1, -0.05) is 19.1 Å². The van der Waals surface area contributed by atoms with Crippen molar-refractivity contribution in [2.45, 2.75) is 38.4 Å². The third-order valence-corrected chi connectivity index (χ3v) is 6.73. The van der Waals surface area contributed by atoms with E-state index in [1.54, 1.807) is 12.3 Å². The first kappa shape index (κ1) is 26.5. The molecule has 196 valence electrons. The number of methoxy groups -OCH3 is 2. The Hall–Kier alpha value is -3.59. The van der Waals surface area contributed by atoms with E-state index in [1.165, 1.54) is 26.4 Å². The van der Waals surface area contributed by atoms with E-state index >= 15 is 0 Å². The zero-order valence-electron chi connectivity index (χ0n) is 21.2. The molecule has 0 bridgehead atoms. The molecule has 37 heavy (non-hydrogen) atoms. The molecule has 2 heterocycles. The number of nitrogens with zero attached hydrogens (tertiary/aromatic N) is 2. The molecule has 0 saturated carbocycles. The second-order valence-electron chi connectivity index (χ2n) is 9.08. The SMILES string of the molecule is COc1cc(C)c2c(Oc3cccc(C(F)(F)F)c3)c(OC)cc(C3(C(C)CCCN)C=CC=N3)c2n1. The maximum atomic E-state index is 13.4. The van der Waals surface area contributed by atoms with Crippen LogP contribution in [0.1, 0.15) is 36.5 Å². The summed E-state index contributed by atoms with van der Waals surface area (Å²) in [6.07, 6.45) is 2.85. The fourth-order valence-corrected chi connectivity index (χ4v) is 4.79. The number of nitrogens with two attached hydrogens (primary N) is 1. The zero-order valence-corrected chi connectivity index (χ0v) is 21.2. The summed E-state index contributed by atoms with van der Waals surface area (Å²) in [6, 6.07) is 8.31. The van der Waals surface area contributed by atoms with Crippen LogP contribution < -0.4 is 19.9 Å². The Morgan fingerprint density at radius 2 is 1.89 bits per heavy atom. The predicted octanol–water partition coefficient (Wildman–Crippen LogP) is 6.58. The number of allylic oxidation sites excluding steroid dienone is 1. The summed E-state index contributed by atoms with van der Waals surface area (Å²) in [5, 5.41) is 0.605. The van der Waals surface area contributed by atoms with Gasteiger partial charge in [0.25, 0.3) is 0 Å². The van der Waals surface area contributed by atoms with E-state index in [9.17, 15) is 13.2 Å². The molecular formula is C28H30F3N3O3. The molecule has 1 aromatic heterocycles. The normalized spacial score (nSPS) is 17.8. The minimum atomic E-state index is -4.50. The molecule has 2 N–H and O–H groups in total. The van der Waals surface area contributed by atoms with Crippen LogP contribution in [0, 0.1) is 12.8 Å². The Morgan fingerprint density at radius 1 is 1.11 bits per heavy atom. The van der Waals surface area contributed by atoms with Crippen molar-refractivity contribution in [3.8, 4) is 23.1 Å². The van der Waals surface area contributed by atoms with E-state index in [2.05, 4.69) is 6.92 Å². The third-order valence-electron chi connectivity index (χ3n) is 6.73. The molecule has 0 spiro atoms. The summed E-state index contributed by atoms with van der Waals surface area (Å²) < 4.78 is 57.4. The zero-order chi connectivity index (χ0) is 26.8. The maximum Gasteiger partial charge on any atom is 0.416 e. The monoisotopic (exact) mass is 513 g/mol. The molecular weight excluding hydrogens is 483 g/mol. The topological polar surface area (TPSA) is 79.0 Å². The number of alkyl halides is 3. The van der Waals surface area contributed by atoms with Crippen LogP contribution in [-0.2, 0) is 11.7 Å². The van der Waals surface area contributed by atoms with Crippen molar-refractivity contribution in [1.82, 2.24) is 4.98 Å². The van der Waals surface area contributed by atoms with Crippen LogP contribution in [-0.4, -0.2) is 32.0 Å². The lowest BCUT2D eigenvalue weighted by molar-refractivity contribution is -0.137. The van der Waals surface area contributed by atoms with Gasteiger partial charge < -0.3 is 19.9 Å². The number of fused-ring (bicyclic) bond motifs is 1. The van der Waals surface area contributed by atoms with Gasteiger partial charge in [-0.15, -0.1) is 0 Å². The van der Waals surface area contributed by atoms with Crippen molar-refractivity contribution >= 4 is 17.1 Å². The Morgan fingerprint density at radius 3 is 2.51 bits per heavy atom. The molecule has 4 rings (SSSR count). The van der Waals surface area contributed by atoms with E-state index in [1.807, 2.05) is 25.1 Å². The maximum absolute atomic E-state index is 13.4. The van der Waals surface area contributed by atoms with Crippen LogP contribution >= 0.6 is 0 Å². The summed E-state index contributed by atoms with van der Waals surface area (Å²) >= 11 is 0. The molecule has 0 fully saturated rings. The highest BCUT2D eigenvalue weighted by atomic mass is 19.4. The lowest BCUT2D eigenvalue weighted by Crippen LogP contribution is -2.29. The van der Waals surface area contributed by atoms with Gasteiger partial charge in [0, 0.05) is 17.8 Å². The number of aryl methyl sites for hydroxylation is 1. The Kier molecular flexibility index (Phi) is 7.45. The van der Waals surface area contributed by atoms with Gasteiger partial charge in [0.15, 0.2) is 11.5 Å². The van der Waals surface area contributed by atoms with E-state index in [-0.39, 0.29) is 17.4 Å². The lowest BCUT2D eigenvalue weighted by Gasteiger charge is -2.33. The van der Waals surface area contributed by atoms with E-state index in [0.717, 1.165) is 36.1 Å². The first-order valence-corrected chi connectivity index (χ1v) is 12.0. The first-order chi connectivity index (χ1) is 17.6. The number of benzene rings is 2. The summed E-state index contributed by atoms with van der Waals surface area (Å²) in [5.74, 6) is 1.13.